The van der Waals surface area contributed by atoms with Gasteiger partial charge in [-0.15, -0.1) is 0 Å². The van der Waals surface area contributed by atoms with Crippen molar-refractivity contribution >= 4 is 0 Å². The number of rotatable bonds is 6. The van der Waals surface area contributed by atoms with Gasteiger partial charge in [0.25, 0.3) is 0 Å². The number of hydrogen-bond donors (Lipinski definition) is 0. The third kappa shape index (κ3) is 3.70. The highest BCUT2D eigenvalue weighted by Crippen LogP contribution is 2.29. The van der Waals surface area contributed by atoms with E-state index in [1.54, 1.807) is 0 Å². The van der Waals surface area contributed by atoms with E-state index in [2.05, 4.69) is 68.4 Å². The van der Waals surface area contributed by atoms with E-state index in [0.29, 0.717) is 5.92 Å². The van der Waals surface area contributed by atoms with Crippen LogP contribution in [0.15, 0.2) is 54.6 Å². The van der Waals surface area contributed by atoms with Crippen molar-refractivity contribution in [2.24, 2.45) is 0 Å². The quantitative estimate of drug-likeness (QED) is 0.630. The van der Waals surface area contributed by atoms with E-state index in [1.165, 1.54) is 42.4 Å². The summed E-state index contributed by atoms with van der Waals surface area (Å²) in [5.41, 5.74) is 4.34. The fraction of sp³-hybridized carbons (Fsp3) is 0.368. The summed E-state index contributed by atoms with van der Waals surface area (Å²) in [4.78, 5) is 0. The molecule has 2 rings (SSSR count). The first-order valence-electron chi connectivity index (χ1n) is 7.49. The number of aryl methyl sites for hydroxylation is 1. The molecule has 0 saturated heterocycles. The van der Waals surface area contributed by atoms with Gasteiger partial charge in [0.15, 0.2) is 0 Å². The summed E-state index contributed by atoms with van der Waals surface area (Å²) in [5, 5.41) is 0. The molecule has 0 aromatic heterocycles. The van der Waals surface area contributed by atoms with Crippen LogP contribution in [-0.2, 0) is 6.42 Å². The zero-order valence-electron chi connectivity index (χ0n) is 12.1. The van der Waals surface area contributed by atoms with Crippen LogP contribution in [0.2, 0.25) is 0 Å². The maximum absolute atomic E-state index is 2.32. The zero-order valence-corrected chi connectivity index (χ0v) is 12.1. The minimum atomic E-state index is 0.543. The van der Waals surface area contributed by atoms with E-state index in [9.17, 15) is 0 Å². The molecule has 0 fully saturated rings. The molecule has 0 nitrogen and oxygen atoms in total. The van der Waals surface area contributed by atoms with Crippen molar-refractivity contribution in [1.29, 1.82) is 0 Å². The predicted molar refractivity (Wildman–Crippen MR) is 83.6 cm³/mol. The van der Waals surface area contributed by atoms with Crippen molar-refractivity contribution in [3.05, 3.63) is 71.3 Å². The number of benzene rings is 2. The molecule has 0 saturated carbocycles. The van der Waals surface area contributed by atoms with E-state index >= 15 is 0 Å². The molecule has 1 unspecified atom stereocenters. The molecule has 100 valence electrons. The molecule has 0 bridgehead atoms. The van der Waals surface area contributed by atoms with Crippen LogP contribution in [0.1, 0.15) is 55.7 Å². The fourth-order valence-corrected chi connectivity index (χ4v) is 2.71. The Kier molecular flexibility index (Phi) is 5.20. The summed E-state index contributed by atoms with van der Waals surface area (Å²) in [6, 6.07) is 20.1. The van der Waals surface area contributed by atoms with Gasteiger partial charge in [0, 0.05) is 5.92 Å². The van der Waals surface area contributed by atoms with E-state index in [-0.39, 0.29) is 0 Å². The molecular formula is C19H24. The molecule has 0 aliphatic carbocycles. The lowest BCUT2D eigenvalue weighted by Crippen LogP contribution is -2.01. The Balaban J connectivity index is 2.24. The van der Waals surface area contributed by atoms with Gasteiger partial charge in [-0.05, 0) is 29.5 Å². The molecule has 0 heteroatoms. The van der Waals surface area contributed by atoms with E-state index in [0.717, 1.165) is 0 Å². The normalized spacial score (nSPS) is 12.3. The highest BCUT2D eigenvalue weighted by molar-refractivity contribution is 5.34. The molecule has 0 aliphatic rings. The smallest absolute Gasteiger partial charge is 0.00892 e. The summed E-state index contributed by atoms with van der Waals surface area (Å²) in [5.74, 6) is 0.543. The Bertz CT molecular complexity index is 467. The average Bonchev–Trinajstić information content (AvgIpc) is 2.47. The van der Waals surface area contributed by atoms with Crippen molar-refractivity contribution in [2.45, 2.75) is 45.4 Å². The Labute approximate surface area is 117 Å². The van der Waals surface area contributed by atoms with Crippen molar-refractivity contribution in [1.82, 2.24) is 0 Å². The molecule has 2 aromatic carbocycles. The molecule has 19 heavy (non-hydrogen) atoms. The molecule has 0 amide bonds. The second-order valence-electron chi connectivity index (χ2n) is 5.24. The maximum atomic E-state index is 2.32. The molecule has 0 heterocycles. The van der Waals surface area contributed by atoms with Gasteiger partial charge in [0.05, 0.1) is 0 Å². The highest BCUT2D eigenvalue weighted by Gasteiger charge is 2.12. The summed E-state index contributed by atoms with van der Waals surface area (Å²) < 4.78 is 0. The predicted octanol–water partition coefficient (Wildman–Crippen LogP) is 5.57. The van der Waals surface area contributed by atoms with Crippen molar-refractivity contribution < 1.29 is 0 Å². The molecule has 2 aromatic rings. The van der Waals surface area contributed by atoms with Gasteiger partial charge in [-0.2, -0.15) is 0 Å². The third-order valence-corrected chi connectivity index (χ3v) is 3.70. The van der Waals surface area contributed by atoms with Gasteiger partial charge in [-0.25, -0.2) is 0 Å². The zero-order chi connectivity index (χ0) is 13.5. The van der Waals surface area contributed by atoms with Gasteiger partial charge >= 0.3 is 0 Å². The first-order chi connectivity index (χ1) is 9.35. The molecule has 0 aliphatic heterocycles. The third-order valence-electron chi connectivity index (χ3n) is 3.70. The SMILES string of the molecule is CCCc1ccc(C(CCC)c2ccccc2)cc1. The summed E-state index contributed by atoms with van der Waals surface area (Å²) in [6.45, 7) is 4.50. The van der Waals surface area contributed by atoms with Gasteiger partial charge < -0.3 is 0 Å². The first kappa shape index (κ1) is 13.9. The molecular weight excluding hydrogens is 228 g/mol. The average molecular weight is 252 g/mol. The van der Waals surface area contributed by atoms with Crippen LogP contribution in [0.4, 0.5) is 0 Å². The lowest BCUT2D eigenvalue weighted by atomic mass is 9.87. The van der Waals surface area contributed by atoms with E-state index < -0.39 is 0 Å². The Hall–Kier alpha value is -1.56. The summed E-state index contributed by atoms with van der Waals surface area (Å²) in [6.07, 6.45) is 4.84. The van der Waals surface area contributed by atoms with Gasteiger partial charge in [-0.3, -0.25) is 0 Å². The van der Waals surface area contributed by atoms with E-state index in [1.807, 2.05) is 0 Å². The lowest BCUT2D eigenvalue weighted by molar-refractivity contribution is 0.698. The van der Waals surface area contributed by atoms with Crippen LogP contribution in [0.3, 0.4) is 0 Å². The van der Waals surface area contributed by atoms with Crippen LogP contribution < -0.4 is 0 Å². The van der Waals surface area contributed by atoms with Gasteiger partial charge in [0.1, 0.15) is 0 Å². The Morgan fingerprint density at radius 1 is 0.737 bits per heavy atom. The minimum absolute atomic E-state index is 0.543. The Morgan fingerprint density at radius 2 is 1.37 bits per heavy atom. The van der Waals surface area contributed by atoms with E-state index in [4.69, 9.17) is 0 Å². The lowest BCUT2D eigenvalue weighted by Gasteiger charge is -2.17. The maximum Gasteiger partial charge on any atom is 0.00892 e. The van der Waals surface area contributed by atoms with Gasteiger partial charge in [-0.1, -0.05) is 81.3 Å². The highest BCUT2D eigenvalue weighted by atomic mass is 14.2. The first-order valence-corrected chi connectivity index (χ1v) is 7.49. The molecule has 0 spiro atoms. The monoisotopic (exact) mass is 252 g/mol. The second kappa shape index (κ2) is 7.13. The largest absolute Gasteiger partial charge is 0.0653 e. The Morgan fingerprint density at radius 3 is 1.95 bits per heavy atom. The molecule has 0 radical (unpaired) electrons. The second-order valence-corrected chi connectivity index (χ2v) is 5.24. The molecule has 0 N–H and O–H groups in total. The number of hydrogen-bond acceptors (Lipinski definition) is 0. The van der Waals surface area contributed by atoms with Crippen molar-refractivity contribution in [3.63, 3.8) is 0 Å². The fourth-order valence-electron chi connectivity index (χ4n) is 2.71. The van der Waals surface area contributed by atoms with Crippen LogP contribution in [0, 0.1) is 0 Å². The van der Waals surface area contributed by atoms with Crippen LogP contribution >= 0.6 is 0 Å². The van der Waals surface area contributed by atoms with Crippen molar-refractivity contribution in [2.75, 3.05) is 0 Å². The summed E-state index contributed by atoms with van der Waals surface area (Å²) >= 11 is 0. The van der Waals surface area contributed by atoms with Gasteiger partial charge in [0.2, 0.25) is 0 Å². The van der Waals surface area contributed by atoms with Crippen LogP contribution in [0.5, 0.6) is 0 Å². The van der Waals surface area contributed by atoms with Crippen LogP contribution in [-0.4, -0.2) is 0 Å². The molecule has 1 atom stereocenters. The van der Waals surface area contributed by atoms with Crippen molar-refractivity contribution in [3.8, 4) is 0 Å². The topological polar surface area (TPSA) is 0 Å². The minimum Gasteiger partial charge on any atom is -0.0653 e. The standard InChI is InChI=1S/C19H24/c1-3-8-16-12-14-18(15-13-16)19(9-4-2)17-10-6-5-7-11-17/h5-7,10-15,19H,3-4,8-9H2,1-2H3. The van der Waals surface area contributed by atoms with Crippen LogP contribution in [0.25, 0.3) is 0 Å². The summed E-state index contributed by atoms with van der Waals surface area (Å²) in [7, 11) is 0.